The van der Waals surface area contributed by atoms with Crippen LogP contribution in [0.15, 0.2) is 36.7 Å². The Morgan fingerprint density at radius 3 is 2.33 bits per heavy atom. The molecule has 27 heavy (non-hydrogen) atoms. The number of rotatable bonds is 7. The third kappa shape index (κ3) is 6.08. The van der Waals surface area contributed by atoms with Crippen molar-refractivity contribution in [3.63, 3.8) is 0 Å². The first-order valence-corrected chi connectivity index (χ1v) is 8.65. The first kappa shape index (κ1) is 22.7. The highest BCUT2D eigenvalue weighted by Gasteiger charge is 2.21. The summed E-state index contributed by atoms with van der Waals surface area (Å²) in [6.07, 6.45) is 4.29. The number of likely N-dealkylation sites (N-methyl/N-ethyl adjacent to an activating group) is 1. The Morgan fingerprint density at radius 1 is 1.22 bits per heavy atom. The SMILES string of the molecule is CCC(C)(C)NC(=O)c1ccc(NC(=O)C(NC)c2cnn(C)c2)cc1.Cl. The fourth-order valence-corrected chi connectivity index (χ4v) is 2.43. The molecule has 0 saturated carbocycles. The average molecular weight is 394 g/mol. The molecule has 0 bridgehead atoms. The van der Waals surface area contributed by atoms with E-state index in [2.05, 4.69) is 21.0 Å². The monoisotopic (exact) mass is 393 g/mol. The number of halogens is 1. The number of hydrogen-bond donors (Lipinski definition) is 3. The smallest absolute Gasteiger partial charge is 0.251 e. The van der Waals surface area contributed by atoms with Crippen molar-refractivity contribution in [2.75, 3.05) is 12.4 Å². The van der Waals surface area contributed by atoms with Gasteiger partial charge in [-0.3, -0.25) is 14.3 Å². The molecule has 1 unspecified atom stereocenters. The number of hydrogen-bond acceptors (Lipinski definition) is 4. The number of anilines is 1. The van der Waals surface area contributed by atoms with E-state index in [4.69, 9.17) is 0 Å². The van der Waals surface area contributed by atoms with E-state index in [1.54, 1.807) is 55.4 Å². The van der Waals surface area contributed by atoms with Gasteiger partial charge in [-0.2, -0.15) is 5.10 Å². The predicted molar refractivity (Wildman–Crippen MR) is 109 cm³/mol. The molecule has 7 nitrogen and oxygen atoms in total. The van der Waals surface area contributed by atoms with Crippen molar-refractivity contribution in [2.45, 2.75) is 38.8 Å². The number of benzene rings is 1. The molecule has 3 N–H and O–H groups in total. The lowest BCUT2D eigenvalue weighted by Gasteiger charge is -2.24. The van der Waals surface area contributed by atoms with Gasteiger partial charge in [0.15, 0.2) is 0 Å². The van der Waals surface area contributed by atoms with Crippen LogP contribution in [0.1, 0.15) is 49.2 Å². The molecule has 1 aromatic carbocycles. The van der Waals surface area contributed by atoms with Gasteiger partial charge in [-0.1, -0.05) is 6.92 Å². The van der Waals surface area contributed by atoms with E-state index in [9.17, 15) is 9.59 Å². The second-order valence-electron chi connectivity index (χ2n) is 6.93. The number of nitrogens with zero attached hydrogens (tertiary/aromatic N) is 2. The van der Waals surface area contributed by atoms with Crippen LogP contribution >= 0.6 is 12.4 Å². The quantitative estimate of drug-likeness (QED) is 0.674. The van der Waals surface area contributed by atoms with Gasteiger partial charge in [0.25, 0.3) is 5.91 Å². The molecule has 0 aliphatic heterocycles. The molecule has 0 aliphatic carbocycles. The number of carbonyl (C=O) groups is 2. The highest BCUT2D eigenvalue weighted by atomic mass is 35.5. The minimum atomic E-state index is -0.503. The molecule has 0 spiro atoms. The minimum Gasteiger partial charge on any atom is -0.347 e. The molecule has 8 heteroatoms. The second-order valence-corrected chi connectivity index (χ2v) is 6.93. The summed E-state index contributed by atoms with van der Waals surface area (Å²) in [6.45, 7) is 5.99. The fourth-order valence-electron chi connectivity index (χ4n) is 2.43. The van der Waals surface area contributed by atoms with E-state index in [0.717, 1.165) is 12.0 Å². The topological polar surface area (TPSA) is 88.1 Å². The Hall–Kier alpha value is -2.38. The van der Waals surface area contributed by atoms with E-state index in [0.29, 0.717) is 11.3 Å². The Morgan fingerprint density at radius 2 is 1.85 bits per heavy atom. The van der Waals surface area contributed by atoms with Crippen molar-refractivity contribution in [1.82, 2.24) is 20.4 Å². The van der Waals surface area contributed by atoms with Crippen molar-refractivity contribution >= 4 is 29.9 Å². The predicted octanol–water partition coefficient (Wildman–Crippen LogP) is 2.66. The van der Waals surface area contributed by atoms with Crippen LogP contribution in [0.4, 0.5) is 5.69 Å². The van der Waals surface area contributed by atoms with Gasteiger partial charge in [0.05, 0.1) is 6.20 Å². The fraction of sp³-hybridized carbons (Fsp3) is 0.421. The summed E-state index contributed by atoms with van der Waals surface area (Å²) >= 11 is 0. The minimum absolute atomic E-state index is 0. The number of aromatic nitrogens is 2. The molecule has 2 rings (SSSR count). The standard InChI is InChI=1S/C19H27N5O2.ClH/c1-6-19(2,3)23-17(25)13-7-9-15(10-8-13)22-18(26)16(20-4)14-11-21-24(5)12-14;/h7-12,16,20H,6H2,1-5H3,(H,22,26)(H,23,25);1H. The van der Waals surface area contributed by atoms with Crippen LogP contribution in [0.5, 0.6) is 0 Å². The lowest BCUT2D eigenvalue weighted by Crippen LogP contribution is -2.42. The van der Waals surface area contributed by atoms with Crippen molar-refractivity contribution in [3.05, 3.63) is 47.8 Å². The summed E-state index contributed by atoms with van der Waals surface area (Å²) in [5.41, 5.74) is 1.71. The second kappa shape index (κ2) is 9.53. The first-order chi connectivity index (χ1) is 12.3. The van der Waals surface area contributed by atoms with Gasteiger partial charge in [0.2, 0.25) is 5.91 Å². The maximum atomic E-state index is 12.5. The Labute approximate surface area is 166 Å². The number of nitrogens with one attached hydrogen (secondary N) is 3. The van der Waals surface area contributed by atoms with Crippen molar-refractivity contribution in [3.8, 4) is 0 Å². The lowest BCUT2D eigenvalue weighted by molar-refractivity contribution is -0.118. The summed E-state index contributed by atoms with van der Waals surface area (Å²) in [7, 11) is 3.53. The zero-order valence-electron chi connectivity index (χ0n) is 16.4. The van der Waals surface area contributed by atoms with Crippen molar-refractivity contribution < 1.29 is 9.59 Å². The van der Waals surface area contributed by atoms with Crippen LogP contribution in [0.2, 0.25) is 0 Å². The third-order valence-corrected chi connectivity index (χ3v) is 4.36. The van der Waals surface area contributed by atoms with Crippen molar-refractivity contribution in [1.29, 1.82) is 0 Å². The van der Waals surface area contributed by atoms with Crippen LogP contribution in [0.3, 0.4) is 0 Å². The highest BCUT2D eigenvalue weighted by molar-refractivity contribution is 5.97. The molecule has 0 aliphatic rings. The molecule has 1 atom stereocenters. The van der Waals surface area contributed by atoms with Crippen LogP contribution < -0.4 is 16.0 Å². The zero-order chi connectivity index (χ0) is 19.3. The molecule has 2 amide bonds. The number of aryl methyl sites for hydroxylation is 1. The molecule has 0 saturated heterocycles. The van der Waals surface area contributed by atoms with E-state index in [1.807, 2.05) is 20.8 Å². The van der Waals surface area contributed by atoms with Gasteiger partial charge in [-0.05, 0) is 51.6 Å². The van der Waals surface area contributed by atoms with Gasteiger partial charge in [-0.15, -0.1) is 12.4 Å². The first-order valence-electron chi connectivity index (χ1n) is 8.65. The van der Waals surface area contributed by atoms with Gasteiger partial charge in [0.1, 0.15) is 6.04 Å². The highest BCUT2D eigenvalue weighted by Crippen LogP contribution is 2.16. The molecule has 1 aromatic heterocycles. The number of amides is 2. The van der Waals surface area contributed by atoms with Crippen LogP contribution in [-0.2, 0) is 11.8 Å². The van der Waals surface area contributed by atoms with E-state index >= 15 is 0 Å². The number of carbonyl (C=O) groups excluding carboxylic acids is 2. The molecular formula is C19H28ClN5O2. The van der Waals surface area contributed by atoms with E-state index in [-0.39, 0.29) is 29.8 Å². The summed E-state index contributed by atoms with van der Waals surface area (Å²) in [6, 6.07) is 6.35. The zero-order valence-corrected chi connectivity index (χ0v) is 17.2. The lowest BCUT2D eigenvalue weighted by atomic mass is 10.0. The average Bonchev–Trinajstić information content (AvgIpc) is 3.02. The summed E-state index contributed by atoms with van der Waals surface area (Å²) in [4.78, 5) is 24.8. The van der Waals surface area contributed by atoms with E-state index in [1.165, 1.54) is 0 Å². The Kier molecular flexibility index (Phi) is 7.99. The largest absolute Gasteiger partial charge is 0.347 e. The Balaban J connectivity index is 0.00000364. The molecule has 0 radical (unpaired) electrons. The van der Waals surface area contributed by atoms with Gasteiger partial charge < -0.3 is 16.0 Å². The summed E-state index contributed by atoms with van der Waals surface area (Å²) in [5, 5.41) is 12.9. The molecular weight excluding hydrogens is 366 g/mol. The Bertz CT molecular complexity index is 771. The van der Waals surface area contributed by atoms with Gasteiger partial charge in [0, 0.05) is 35.6 Å². The van der Waals surface area contributed by atoms with Crippen LogP contribution in [-0.4, -0.2) is 34.2 Å². The maximum absolute atomic E-state index is 12.5. The summed E-state index contributed by atoms with van der Waals surface area (Å²) in [5.74, 6) is -0.317. The van der Waals surface area contributed by atoms with Crippen molar-refractivity contribution in [2.24, 2.45) is 7.05 Å². The van der Waals surface area contributed by atoms with Crippen LogP contribution in [0, 0.1) is 0 Å². The normalized spacial score (nSPS) is 12.0. The van der Waals surface area contributed by atoms with Gasteiger partial charge >= 0.3 is 0 Å². The molecule has 148 valence electrons. The molecule has 1 heterocycles. The van der Waals surface area contributed by atoms with E-state index < -0.39 is 6.04 Å². The third-order valence-electron chi connectivity index (χ3n) is 4.36. The maximum Gasteiger partial charge on any atom is 0.251 e. The van der Waals surface area contributed by atoms with Crippen LogP contribution in [0.25, 0.3) is 0 Å². The van der Waals surface area contributed by atoms with Gasteiger partial charge in [-0.25, -0.2) is 0 Å². The molecule has 2 aromatic rings. The summed E-state index contributed by atoms with van der Waals surface area (Å²) < 4.78 is 1.65. The molecule has 0 fully saturated rings.